The number of hydrogen-bond acceptors (Lipinski definition) is 5. The first kappa shape index (κ1) is 26.7. The van der Waals surface area contributed by atoms with Crippen molar-refractivity contribution in [3.05, 3.63) is 95.8 Å². The van der Waals surface area contributed by atoms with Gasteiger partial charge in [-0.3, -0.25) is 19.5 Å². The van der Waals surface area contributed by atoms with Crippen LogP contribution in [0.1, 0.15) is 42.3 Å². The minimum atomic E-state index is -0.633. The molecule has 1 aliphatic rings. The standard InChI is InChI=1S/C33H36N4O2/c1-33(2,3)25-18-23(22-37-16-14-36(4)15-17-37)19-26(20-25)35-32(39)31(38)30-12-11-27(24-8-7-13-34-21-24)28-9-5-6-10-29(28)30/h5-13,18-21H,14-17,22H2,1-4H3,(H,35,39). The summed E-state index contributed by atoms with van der Waals surface area (Å²) in [6.45, 7) is 11.4. The van der Waals surface area contributed by atoms with Crippen molar-refractivity contribution in [2.45, 2.75) is 32.7 Å². The Morgan fingerprint density at radius 1 is 0.897 bits per heavy atom. The van der Waals surface area contributed by atoms with E-state index < -0.39 is 11.7 Å². The first-order valence-corrected chi connectivity index (χ1v) is 13.5. The summed E-state index contributed by atoms with van der Waals surface area (Å²) in [5, 5.41) is 4.58. The van der Waals surface area contributed by atoms with Gasteiger partial charge >= 0.3 is 0 Å². The van der Waals surface area contributed by atoms with Crippen LogP contribution in [-0.2, 0) is 16.8 Å². The van der Waals surface area contributed by atoms with Gasteiger partial charge in [0.25, 0.3) is 11.7 Å². The first-order chi connectivity index (χ1) is 18.7. The van der Waals surface area contributed by atoms with E-state index in [1.54, 1.807) is 18.5 Å². The van der Waals surface area contributed by atoms with E-state index in [1.165, 1.54) is 0 Å². The Labute approximate surface area is 230 Å². The van der Waals surface area contributed by atoms with E-state index in [0.29, 0.717) is 11.3 Å². The number of rotatable bonds is 6. The number of likely N-dealkylation sites (N-methyl/N-ethyl adjacent to an activating group) is 1. The van der Waals surface area contributed by atoms with Crippen LogP contribution in [0.15, 0.2) is 79.1 Å². The zero-order valence-electron chi connectivity index (χ0n) is 23.2. The quantitative estimate of drug-likeness (QED) is 0.258. The first-order valence-electron chi connectivity index (χ1n) is 13.5. The normalized spacial score (nSPS) is 14.9. The molecule has 0 spiro atoms. The van der Waals surface area contributed by atoms with Crippen LogP contribution < -0.4 is 5.32 Å². The van der Waals surface area contributed by atoms with Crippen LogP contribution in [0.3, 0.4) is 0 Å². The molecule has 0 saturated carbocycles. The highest BCUT2D eigenvalue weighted by Gasteiger charge is 2.23. The molecule has 1 aromatic heterocycles. The molecule has 1 fully saturated rings. The third-order valence-corrected chi connectivity index (χ3v) is 7.47. The summed E-state index contributed by atoms with van der Waals surface area (Å²) in [6, 6.07) is 21.4. The number of anilines is 1. The van der Waals surface area contributed by atoms with Gasteiger partial charge < -0.3 is 10.2 Å². The topological polar surface area (TPSA) is 65.5 Å². The molecule has 0 unspecified atom stereocenters. The molecular weight excluding hydrogens is 484 g/mol. The zero-order chi connectivity index (χ0) is 27.6. The molecule has 4 aromatic rings. The molecule has 3 aromatic carbocycles. The molecule has 1 aliphatic heterocycles. The Bertz CT molecular complexity index is 1500. The molecule has 6 heteroatoms. The monoisotopic (exact) mass is 520 g/mol. The fourth-order valence-electron chi connectivity index (χ4n) is 5.13. The molecule has 0 atom stereocenters. The van der Waals surface area contributed by atoms with Gasteiger partial charge in [-0.05, 0) is 64.2 Å². The SMILES string of the molecule is CN1CCN(Cc2cc(NC(=O)C(=O)c3ccc(-c4cccnc4)c4ccccc34)cc(C(C)(C)C)c2)CC1. The van der Waals surface area contributed by atoms with Crippen LogP contribution in [-0.4, -0.2) is 59.7 Å². The van der Waals surface area contributed by atoms with Crippen LogP contribution >= 0.6 is 0 Å². The van der Waals surface area contributed by atoms with Crippen LogP contribution in [0.25, 0.3) is 21.9 Å². The number of fused-ring (bicyclic) bond motifs is 1. The van der Waals surface area contributed by atoms with Crippen molar-refractivity contribution in [2.75, 3.05) is 38.5 Å². The van der Waals surface area contributed by atoms with E-state index in [0.717, 1.165) is 65.8 Å². The molecule has 5 rings (SSSR count). The maximum absolute atomic E-state index is 13.5. The van der Waals surface area contributed by atoms with Crippen LogP contribution in [0.4, 0.5) is 5.69 Å². The summed E-state index contributed by atoms with van der Waals surface area (Å²) >= 11 is 0. The number of hydrogen-bond donors (Lipinski definition) is 1. The second kappa shape index (κ2) is 11.1. The lowest BCUT2D eigenvalue weighted by molar-refractivity contribution is -0.112. The van der Waals surface area contributed by atoms with Gasteiger partial charge in [0.15, 0.2) is 0 Å². The number of aromatic nitrogens is 1. The van der Waals surface area contributed by atoms with Gasteiger partial charge in [0.05, 0.1) is 0 Å². The number of carbonyl (C=O) groups is 2. The Morgan fingerprint density at radius 2 is 1.64 bits per heavy atom. The summed E-state index contributed by atoms with van der Waals surface area (Å²) in [5.41, 5.74) is 5.15. The number of piperazine rings is 1. The lowest BCUT2D eigenvalue weighted by Gasteiger charge is -2.32. The van der Waals surface area contributed by atoms with Crippen molar-refractivity contribution >= 4 is 28.2 Å². The van der Waals surface area contributed by atoms with Gasteiger partial charge in [-0.15, -0.1) is 0 Å². The lowest BCUT2D eigenvalue weighted by Crippen LogP contribution is -2.43. The molecule has 200 valence electrons. The molecule has 1 N–H and O–H groups in total. The van der Waals surface area contributed by atoms with E-state index in [2.05, 4.69) is 54.0 Å². The van der Waals surface area contributed by atoms with Crippen LogP contribution in [0.5, 0.6) is 0 Å². The minimum Gasteiger partial charge on any atom is -0.319 e. The number of pyridine rings is 1. The largest absolute Gasteiger partial charge is 0.319 e. The van der Waals surface area contributed by atoms with Crippen molar-refractivity contribution in [1.29, 1.82) is 0 Å². The van der Waals surface area contributed by atoms with Crippen molar-refractivity contribution in [3.63, 3.8) is 0 Å². The average molecular weight is 521 g/mol. The van der Waals surface area contributed by atoms with E-state index in [4.69, 9.17) is 0 Å². The van der Waals surface area contributed by atoms with Gasteiger partial charge in [-0.1, -0.05) is 63.2 Å². The predicted octanol–water partition coefficient (Wildman–Crippen LogP) is 5.77. The van der Waals surface area contributed by atoms with Gasteiger partial charge in [-0.25, -0.2) is 0 Å². The van der Waals surface area contributed by atoms with Gasteiger partial charge in [0.1, 0.15) is 0 Å². The third kappa shape index (κ3) is 6.08. The molecule has 0 aliphatic carbocycles. The second-order valence-corrected chi connectivity index (χ2v) is 11.5. The van der Waals surface area contributed by atoms with E-state index in [-0.39, 0.29) is 5.41 Å². The van der Waals surface area contributed by atoms with Crippen molar-refractivity contribution < 1.29 is 9.59 Å². The number of carbonyl (C=O) groups excluding carboxylic acids is 2. The molecule has 6 nitrogen and oxygen atoms in total. The Balaban J connectivity index is 1.42. The Morgan fingerprint density at radius 3 is 2.33 bits per heavy atom. The van der Waals surface area contributed by atoms with Gasteiger partial charge in [-0.2, -0.15) is 0 Å². The second-order valence-electron chi connectivity index (χ2n) is 11.5. The molecule has 1 saturated heterocycles. The van der Waals surface area contributed by atoms with Crippen LogP contribution in [0.2, 0.25) is 0 Å². The molecule has 1 amide bonds. The van der Waals surface area contributed by atoms with E-state index in [1.807, 2.05) is 54.6 Å². The van der Waals surface area contributed by atoms with E-state index in [9.17, 15) is 9.59 Å². The highest BCUT2D eigenvalue weighted by atomic mass is 16.2. The number of Topliss-reactive ketones (excluding diaryl/α,β-unsaturated/α-hetero) is 1. The molecule has 0 bridgehead atoms. The van der Waals surface area contributed by atoms with Crippen molar-refractivity contribution in [2.24, 2.45) is 0 Å². The van der Waals surface area contributed by atoms with Crippen LogP contribution in [0, 0.1) is 0 Å². The fourth-order valence-corrected chi connectivity index (χ4v) is 5.13. The molecule has 39 heavy (non-hydrogen) atoms. The average Bonchev–Trinajstić information content (AvgIpc) is 2.93. The number of nitrogens with one attached hydrogen (secondary N) is 1. The molecular formula is C33H36N4O2. The van der Waals surface area contributed by atoms with Crippen molar-refractivity contribution in [1.82, 2.24) is 14.8 Å². The Hall–Kier alpha value is -3.87. The predicted molar refractivity (Wildman–Crippen MR) is 158 cm³/mol. The summed E-state index contributed by atoms with van der Waals surface area (Å²) in [4.78, 5) is 35.8. The number of ketones is 1. The number of nitrogens with zero attached hydrogens (tertiary/aromatic N) is 3. The lowest BCUT2D eigenvalue weighted by atomic mass is 9.85. The van der Waals surface area contributed by atoms with Gasteiger partial charge in [0, 0.05) is 61.9 Å². The summed E-state index contributed by atoms with van der Waals surface area (Å²) in [7, 11) is 2.15. The molecule has 0 radical (unpaired) electrons. The zero-order valence-corrected chi connectivity index (χ0v) is 23.2. The van der Waals surface area contributed by atoms with Crippen molar-refractivity contribution in [3.8, 4) is 11.1 Å². The third-order valence-electron chi connectivity index (χ3n) is 7.47. The fraction of sp³-hybridized carbons (Fsp3) is 0.303. The maximum atomic E-state index is 13.5. The van der Waals surface area contributed by atoms with Gasteiger partial charge in [0.2, 0.25) is 0 Å². The highest BCUT2D eigenvalue weighted by Crippen LogP contribution is 2.31. The summed E-state index contributed by atoms with van der Waals surface area (Å²) in [6.07, 6.45) is 3.54. The highest BCUT2D eigenvalue weighted by molar-refractivity contribution is 6.48. The summed E-state index contributed by atoms with van der Waals surface area (Å²) in [5.74, 6) is -1.18. The molecule has 2 heterocycles. The summed E-state index contributed by atoms with van der Waals surface area (Å²) < 4.78 is 0. The minimum absolute atomic E-state index is 0.0973. The maximum Gasteiger partial charge on any atom is 0.296 e. The number of amides is 1. The van der Waals surface area contributed by atoms with E-state index >= 15 is 0 Å². The number of benzene rings is 3. The Kier molecular flexibility index (Phi) is 7.60. The smallest absolute Gasteiger partial charge is 0.296 e.